The second kappa shape index (κ2) is 4.47. The fourth-order valence-corrected chi connectivity index (χ4v) is 4.90. The Morgan fingerprint density at radius 3 is 2.67 bits per heavy atom. The Bertz CT molecular complexity index is 568. The van der Waals surface area contributed by atoms with Crippen LogP contribution in [0.15, 0.2) is 18.2 Å². The molecule has 1 aromatic rings. The van der Waals surface area contributed by atoms with Crippen LogP contribution in [0.3, 0.4) is 0 Å². The van der Waals surface area contributed by atoms with Gasteiger partial charge in [-0.05, 0) is 43.9 Å². The summed E-state index contributed by atoms with van der Waals surface area (Å²) in [6, 6.07) is 6.28. The lowest BCUT2D eigenvalue weighted by atomic mass is 10.1. The Morgan fingerprint density at radius 1 is 1.39 bits per heavy atom. The fraction of sp³-hybridized carbons (Fsp3) is 0.538. The molecular formula is C13H18O3SSi. The van der Waals surface area contributed by atoms with E-state index in [1.165, 1.54) is 16.3 Å². The van der Waals surface area contributed by atoms with Gasteiger partial charge in [0.1, 0.15) is 0 Å². The van der Waals surface area contributed by atoms with Gasteiger partial charge < -0.3 is 0 Å². The predicted molar refractivity (Wildman–Crippen MR) is 74.0 cm³/mol. The van der Waals surface area contributed by atoms with E-state index in [0.29, 0.717) is 15.1 Å². The number of hydrogen-bond acceptors (Lipinski definition) is 3. The van der Waals surface area contributed by atoms with Crippen LogP contribution in [-0.2, 0) is 14.3 Å². The molecule has 98 valence electrons. The summed E-state index contributed by atoms with van der Waals surface area (Å²) in [4.78, 5) is 0. The molecule has 0 bridgehead atoms. The van der Waals surface area contributed by atoms with Gasteiger partial charge >= 0.3 is 0 Å². The van der Waals surface area contributed by atoms with Crippen molar-refractivity contribution in [2.24, 2.45) is 0 Å². The van der Waals surface area contributed by atoms with Crippen molar-refractivity contribution in [3.8, 4) is 0 Å². The van der Waals surface area contributed by atoms with Crippen LogP contribution in [0.1, 0.15) is 24.5 Å². The van der Waals surface area contributed by atoms with E-state index in [-0.39, 0.29) is 0 Å². The van der Waals surface area contributed by atoms with E-state index in [0.717, 1.165) is 12.7 Å². The van der Waals surface area contributed by atoms with Gasteiger partial charge in [0.05, 0.1) is 21.4 Å². The molecule has 1 aliphatic rings. The molecule has 0 aromatic heterocycles. The van der Waals surface area contributed by atoms with Gasteiger partial charge in [-0.25, -0.2) is 0 Å². The van der Waals surface area contributed by atoms with Crippen molar-refractivity contribution in [1.82, 2.24) is 0 Å². The molecule has 1 aromatic carbocycles. The molecule has 1 saturated carbocycles. The van der Waals surface area contributed by atoms with Crippen molar-refractivity contribution >= 4 is 24.8 Å². The van der Waals surface area contributed by atoms with E-state index in [9.17, 15) is 8.42 Å². The van der Waals surface area contributed by atoms with E-state index < -0.39 is 15.7 Å². The van der Waals surface area contributed by atoms with Crippen molar-refractivity contribution in [3.05, 3.63) is 29.3 Å². The number of rotatable bonds is 4. The molecule has 1 fully saturated rings. The molecule has 0 aliphatic heterocycles. The van der Waals surface area contributed by atoms with Crippen LogP contribution in [-0.4, -0.2) is 29.8 Å². The second-order valence-electron chi connectivity index (χ2n) is 5.25. The molecule has 3 nitrogen and oxygen atoms in total. The molecule has 2 rings (SSSR count). The maximum atomic E-state index is 11.2. The molecule has 0 saturated heterocycles. The largest absolute Gasteiger partial charge is 0.264 e. The van der Waals surface area contributed by atoms with Crippen molar-refractivity contribution in [3.63, 3.8) is 0 Å². The minimum absolute atomic E-state index is 0.327. The average Bonchev–Trinajstić information content (AvgIpc) is 2.80. The first kappa shape index (κ1) is 13.8. The lowest BCUT2D eigenvalue weighted by molar-refractivity contribution is 0.211. The third kappa shape index (κ3) is 3.02. The molecule has 2 radical (unpaired) electrons. The minimum Gasteiger partial charge on any atom is -0.264 e. The van der Waals surface area contributed by atoms with E-state index in [2.05, 4.69) is 32.0 Å². The average molecular weight is 282 g/mol. The van der Waals surface area contributed by atoms with Crippen LogP contribution in [0.5, 0.6) is 0 Å². The third-order valence-corrected chi connectivity index (χ3v) is 6.16. The standard InChI is InChI=1S/C13H18O3SSi/c1-9-6-5-7-11(10(9)2)18-12-8-13(12,3)16-17(4,14)15/h5-7,12H,8H2,1-4H3. The normalized spacial score (nSPS) is 27.2. The molecule has 5 heteroatoms. The number of benzene rings is 1. The Labute approximate surface area is 112 Å². The van der Waals surface area contributed by atoms with Gasteiger partial charge in [-0.1, -0.05) is 23.4 Å². The van der Waals surface area contributed by atoms with Crippen molar-refractivity contribution in [1.29, 1.82) is 0 Å². The summed E-state index contributed by atoms with van der Waals surface area (Å²) in [5.74, 6) is 0. The van der Waals surface area contributed by atoms with E-state index in [1.54, 1.807) is 0 Å². The van der Waals surface area contributed by atoms with Crippen molar-refractivity contribution in [2.75, 3.05) is 6.26 Å². The molecule has 2 unspecified atom stereocenters. The third-order valence-electron chi connectivity index (χ3n) is 3.46. The summed E-state index contributed by atoms with van der Waals surface area (Å²) in [7, 11) is -2.74. The highest BCUT2D eigenvalue weighted by Gasteiger charge is 2.53. The molecule has 0 amide bonds. The van der Waals surface area contributed by atoms with Gasteiger partial charge in [0.15, 0.2) is 0 Å². The lowest BCUT2D eigenvalue weighted by Crippen LogP contribution is -2.24. The first-order chi connectivity index (χ1) is 8.21. The molecular weight excluding hydrogens is 264 g/mol. The smallest absolute Gasteiger partial charge is 0.264 e. The zero-order valence-electron chi connectivity index (χ0n) is 11.1. The van der Waals surface area contributed by atoms with Gasteiger partial charge in [-0.15, -0.1) is 0 Å². The monoisotopic (exact) mass is 282 g/mol. The highest BCUT2D eigenvalue weighted by atomic mass is 32.2. The summed E-state index contributed by atoms with van der Waals surface area (Å²) >= 11 is 0. The van der Waals surface area contributed by atoms with Gasteiger partial charge in [0, 0.05) is 0 Å². The van der Waals surface area contributed by atoms with E-state index >= 15 is 0 Å². The summed E-state index contributed by atoms with van der Waals surface area (Å²) in [6.45, 7) is 6.11. The fourth-order valence-electron chi connectivity index (χ4n) is 2.08. The highest BCUT2D eigenvalue weighted by Crippen LogP contribution is 2.52. The van der Waals surface area contributed by atoms with Crippen molar-refractivity contribution < 1.29 is 12.6 Å². The summed E-state index contributed by atoms with van der Waals surface area (Å²) < 4.78 is 27.5. The predicted octanol–water partition coefficient (Wildman–Crippen LogP) is 1.56. The van der Waals surface area contributed by atoms with Crippen LogP contribution in [0.25, 0.3) is 0 Å². The summed E-state index contributed by atoms with van der Waals surface area (Å²) in [5.41, 5.74) is 2.44. The second-order valence-corrected chi connectivity index (χ2v) is 8.35. The molecule has 0 spiro atoms. The van der Waals surface area contributed by atoms with E-state index in [4.69, 9.17) is 4.18 Å². The first-order valence-corrected chi connectivity index (χ1v) is 8.84. The Balaban J connectivity index is 2.07. The van der Waals surface area contributed by atoms with Crippen LogP contribution in [0.4, 0.5) is 0 Å². The molecule has 18 heavy (non-hydrogen) atoms. The van der Waals surface area contributed by atoms with Gasteiger partial charge in [-0.3, -0.25) is 4.18 Å². The zero-order valence-corrected chi connectivity index (χ0v) is 13.0. The van der Waals surface area contributed by atoms with E-state index in [1.807, 2.05) is 6.92 Å². The molecule has 0 heterocycles. The Kier molecular flexibility index (Phi) is 3.42. The van der Waals surface area contributed by atoms with Gasteiger partial charge in [-0.2, -0.15) is 8.42 Å². The summed E-state index contributed by atoms with van der Waals surface area (Å²) in [5, 5.41) is 1.32. The van der Waals surface area contributed by atoms with Gasteiger partial charge in [0.25, 0.3) is 10.1 Å². The maximum Gasteiger partial charge on any atom is 0.264 e. The summed E-state index contributed by atoms with van der Waals surface area (Å²) in [6.07, 6.45) is 1.94. The quantitative estimate of drug-likeness (QED) is 0.622. The first-order valence-electron chi connectivity index (χ1n) is 5.95. The van der Waals surface area contributed by atoms with Crippen LogP contribution in [0.2, 0.25) is 5.54 Å². The maximum absolute atomic E-state index is 11.2. The Hall–Kier alpha value is -0.653. The molecule has 2 atom stereocenters. The number of hydrogen-bond donors (Lipinski definition) is 0. The van der Waals surface area contributed by atoms with Crippen LogP contribution in [0, 0.1) is 13.8 Å². The van der Waals surface area contributed by atoms with Gasteiger partial charge in [0.2, 0.25) is 0 Å². The number of aryl methyl sites for hydroxylation is 1. The Morgan fingerprint density at radius 2 is 2.06 bits per heavy atom. The topological polar surface area (TPSA) is 43.4 Å². The lowest BCUT2D eigenvalue weighted by Gasteiger charge is -2.12. The SMILES string of the molecule is Cc1cccc([Si]C2CC2(C)OS(C)(=O)=O)c1C. The minimum atomic E-state index is -3.36. The molecule has 0 N–H and O–H groups in total. The zero-order chi connectivity index (χ0) is 13.6. The molecule has 1 aliphatic carbocycles. The van der Waals surface area contributed by atoms with Crippen molar-refractivity contribution in [2.45, 2.75) is 38.3 Å². The van der Waals surface area contributed by atoms with Crippen LogP contribution >= 0.6 is 0 Å². The highest BCUT2D eigenvalue weighted by molar-refractivity contribution is 7.86. The van der Waals surface area contributed by atoms with Crippen LogP contribution < -0.4 is 5.19 Å².